The summed E-state index contributed by atoms with van der Waals surface area (Å²) < 4.78 is 76.0. The highest BCUT2D eigenvalue weighted by atomic mass is 35.5. The number of pyridine rings is 1. The third kappa shape index (κ3) is 8.35. The third-order valence-electron chi connectivity index (χ3n) is 8.76. The maximum Gasteiger partial charge on any atom is 0.408 e. The van der Waals surface area contributed by atoms with Crippen molar-refractivity contribution in [1.29, 1.82) is 0 Å². The summed E-state index contributed by atoms with van der Waals surface area (Å²) in [4.78, 5) is 61.0. The first-order valence-electron chi connectivity index (χ1n) is 18.3. The molecule has 16 heteroatoms. The minimum atomic E-state index is -4.87. The normalized spacial score (nSPS) is 27.1. The average Bonchev–Trinajstić information content (AvgIpc) is 3.77. The fourth-order valence-electron chi connectivity index (χ4n) is 6.00. The molecular formula is C35H46ClN5O9S. The number of carbonyl (C=O) groups is 4. The van der Waals surface area contributed by atoms with Gasteiger partial charge in [0.25, 0.3) is 5.91 Å². The molecule has 1 saturated heterocycles. The van der Waals surface area contributed by atoms with Crippen molar-refractivity contribution in [2.24, 2.45) is 11.3 Å². The van der Waals surface area contributed by atoms with Gasteiger partial charge < -0.3 is 29.7 Å². The number of alkyl carbamates (subject to hydrolysis) is 1. The number of likely N-dealkylation sites (tertiary alicyclic amines) is 1. The minimum absolute atomic E-state index is 0.0814. The molecule has 0 spiro atoms. The minimum Gasteiger partial charge on any atom is -0.494 e. The van der Waals surface area contributed by atoms with Crippen molar-refractivity contribution in [2.75, 3.05) is 13.7 Å². The quantitative estimate of drug-likeness (QED) is 0.285. The number of methoxy groups -OCH3 is 1. The maximum atomic E-state index is 14.5. The summed E-state index contributed by atoms with van der Waals surface area (Å²) in [6.45, 7) is 13.6. The fourth-order valence-corrected chi connectivity index (χ4v) is 7.11. The lowest BCUT2D eigenvalue weighted by Gasteiger charge is -2.36. The number of benzene rings is 1. The molecule has 4 amide bonds. The Balaban J connectivity index is 1.47. The molecule has 5 atom stereocenters. The van der Waals surface area contributed by atoms with Gasteiger partial charge in [0.2, 0.25) is 27.7 Å². The molecule has 2 aliphatic carbocycles. The van der Waals surface area contributed by atoms with E-state index < -0.39 is 92.5 Å². The summed E-state index contributed by atoms with van der Waals surface area (Å²) in [6, 6.07) is 2.48. The van der Waals surface area contributed by atoms with Crippen LogP contribution in [0.4, 0.5) is 4.79 Å². The number of hydrogen-bond acceptors (Lipinski definition) is 10. The smallest absolute Gasteiger partial charge is 0.408 e. The van der Waals surface area contributed by atoms with Crippen molar-refractivity contribution in [3.63, 3.8) is 0 Å². The molecule has 1 aromatic carbocycles. The Morgan fingerprint density at radius 3 is 2.41 bits per heavy atom. The molecule has 0 radical (unpaired) electrons. The zero-order valence-electron chi connectivity index (χ0n) is 33.5. The zero-order chi connectivity index (χ0) is 41.3. The second-order valence-electron chi connectivity index (χ2n) is 14.9. The Kier molecular flexibility index (Phi) is 8.86. The van der Waals surface area contributed by atoms with Crippen LogP contribution in [0.15, 0.2) is 37.1 Å². The van der Waals surface area contributed by atoms with Crippen molar-refractivity contribution in [3.05, 3.63) is 42.1 Å². The number of rotatable bonds is 11. The fraction of sp³-hybridized carbons (Fsp3) is 0.571. The first kappa shape index (κ1) is 32.8. The Hall–Kier alpha value is -4.11. The largest absolute Gasteiger partial charge is 0.494 e. The van der Waals surface area contributed by atoms with Crippen molar-refractivity contribution in [1.82, 2.24) is 25.2 Å². The summed E-state index contributed by atoms with van der Waals surface area (Å²) >= 11 is 6.31. The summed E-state index contributed by atoms with van der Waals surface area (Å²) in [5.41, 5.74) is -3.66. The number of halogens is 1. The van der Waals surface area contributed by atoms with Crippen LogP contribution >= 0.6 is 11.6 Å². The molecule has 1 aliphatic heterocycles. The molecule has 0 unspecified atom stereocenters. The molecule has 2 heterocycles. The highest BCUT2D eigenvalue weighted by Crippen LogP contribution is 2.45. The predicted octanol–water partition coefficient (Wildman–Crippen LogP) is 3.85. The van der Waals surface area contributed by atoms with E-state index in [4.69, 9.17) is 31.3 Å². The monoisotopic (exact) mass is 751 g/mol. The molecule has 0 bridgehead atoms. The first-order chi connectivity index (χ1) is 25.2. The molecule has 14 nitrogen and oxygen atoms in total. The van der Waals surface area contributed by atoms with Gasteiger partial charge in [0.1, 0.15) is 35.1 Å². The third-order valence-corrected chi connectivity index (χ3v) is 10.3. The van der Waals surface area contributed by atoms with Crippen LogP contribution in [0, 0.1) is 11.3 Å². The van der Waals surface area contributed by atoms with E-state index in [0.717, 1.165) is 0 Å². The second-order valence-corrected chi connectivity index (χ2v) is 17.1. The van der Waals surface area contributed by atoms with Gasteiger partial charge in [-0.25, -0.2) is 18.2 Å². The van der Waals surface area contributed by atoms with Gasteiger partial charge in [-0.15, -0.1) is 6.58 Å². The summed E-state index contributed by atoms with van der Waals surface area (Å²) in [5.74, 6) is -2.91. The highest BCUT2D eigenvalue weighted by molar-refractivity contribution is 7.91. The van der Waals surface area contributed by atoms with Gasteiger partial charge in [0, 0.05) is 33.6 Å². The lowest BCUT2D eigenvalue weighted by Crippen LogP contribution is -2.60. The van der Waals surface area contributed by atoms with Gasteiger partial charge in [-0.05, 0) is 63.6 Å². The number of nitrogens with one attached hydrogen (secondary N) is 3. The molecule has 3 N–H and O–H groups in total. The van der Waals surface area contributed by atoms with Crippen LogP contribution in [0.2, 0.25) is 5.02 Å². The number of sulfonamides is 1. The predicted molar refractivity (Wildman–Crippen MR) is 190 cm³/mol. The number of aromatic nitrogens is 1. The molecular weight excluding hydrogens is 702 g/mol. The number of amides is 4. The van der Waals surface area contributed by atoms with E-state index in [1.807, 2.05) is 0 Å². The summed E-state index contributed by atoms with van der Waals surface area (Å²) in [7, 11) is -3.39. The van der Waals surface area contributed by atoms with Crippen molar-refractivity contribution in [2.45, 2.75) is 102 Å². The standard InChI is InChI=1S/C35H46ClN5O9S/c1-9-19-16-35(19,31(44)40-51(46,47)22-11-12-22)39-28(42)25-15-21(49-29-24-14-20(36)10-13-23(24)26(48-8)17-37-29)18-41(25)30(43)27(33(2,3)4)38-32(45)50-34(5,6)7/h9-10,13-14,17,19,21-22,25,27H,1,11-12,15-16,18H2,2-8H3,(H,38,45)(H,39,42)(H,40,44)/t19-,21-,25+,27-,35-/m1/s1/i11D2,12D2. The van der Waals surface area contributed by atoms with Gasteiger partial charge in [-0.2, -0.15) is 0 Å². The van der Waals surface area contributed by atoms with Gasteiger partial charge in [-0.1, -0.05) is 38.4 Å². The first-order valence-corrected chi connectivity index (χ1v) is 18.2. The van der Waals surface area contributed by atoms with Gasteiger partial charge in [0.05, 0.1) is 25.1 Å². The average molecular weight is 752 g/mol. The second kappa shape index (κ2) is 13.8. The SMILES string of the molecule is [2H]C1([2H])C(S(=O)(=O)NC(=O)[C@@]2(NC(=O)[C@@H]3C[C@@H](Oc4ncc(OC)c5ccc(Cl)cc45)CN3C(=O)[C@@H](NC(=O)OC(C)(C)C)C(C)(C)C)C[C@H]2C=C)C1([2H])[2H]. The molecule has 3 aliphatic rings. The summed E-state index contributed by atoms with van der Waals surface area (Å²) in [6.07, 6.45) is -4.65. The molecule has 2 saturated carbocycles. The van der Waals surface area contributed by atoms with Crippen LogP contribution in [0.5, 0.6) is 11.6 Å². The van der Waals surface area contributed by atoms with Gasteiger partial charge >= 0.3 is 6.09 Å². The van der Waals surface area contributed by atoms with Crippen LogP contribution in [-0.2, 0) is 29.1 Å². The van der Waals surface area contributed by atoms with Gasteiger partial charge in [-0.3, -0.25) is 19.1 Å². The zero-order valence-corrected chi connectivity index (χ0v) is 31.0. The van der Waals surface area contributed by atoms with E-state index in [2.05, 4.69) is 22.2 Å². The Labute approximate surface area is 308 Å². The lowest BCUT2D eigenvalue weighted by atomic mass is 9.85. The number of fused-ring (bicyclic) bond motifs is 1. The Morgan fingerprint density at radius 1 is 1.16 bits per heavy atom. The van der Waals surface area contributed by atoms with Crippen molar-refractivity contribution >= 4 is 56.2 Å². The lowest BCUT2D eigenvalue weighted by molar-refractivity contribution is -0.143. The summed E-state index contributed by atoms with van der Waals surface area (Å²) in [5, 5.41) is 4.60. The molecule has 278 valence electrons. The molecule has 51 heavy (non-hydrogen) atoms. The van der Waals surface area contributed by atoms with E-state index in [9.17, 15) is 27.6 Å². The van der Waals surface area contributed by atoms with Crippen molar-refractivity contribution in [3.8, 4) is 11.6 Å². The number of nitrogens with zero attached hydrogens (tertiary/aromatic N) is 2. The van der Waals surface area contributed by atoms with Crippen LogP contribution in [0.3, 0.4) is 0 Å². The topological polar surface area (TPSA) is 182 Å². The van der Waals surface area contributed by atoms with Crippen LogP contribution < -0.4 is 24.8 Å². The van der Waals surface area contributed by atoms with Crippen LogP contribution in [0.25, 0.3) is 10.8 Å². The molecule has 3 fully saturated rings. The van der Waals surface area contributed by atoms with Crippen molar-refractivity contribution < 1.29 is 47.3 Å². The molecule has 1 aromatic heterocycles. The van der Waals surface area contributed by atoms with Gasteiger partial charge in [0.15, 0.2) is 0 Å². The number of hydrogen-bond donors (Lipinski definition) is 3. The van der Waals surface area contributed by atoms with E-state index in [1.54, 1.807) is 64.5 Å². The Morgan fingerprint density at radius 2 is 1.84 bits per heavy atom. The molecule has 2 aromatic rings. The Bertz CT molecular complexity index is 2030. The van der Waals surface area contributed by atoms with Crippen LogP contribution in [-0.4, -0.2) is 90.3 Å². The highest BCUT2D eigenvalue weighted by Gasteiger charge is 2.62. The van der Waals surface area contributed by atoms with E-state index in [1.165, 1.54) is 24.3 Å². The molecule has 5 rings (SSSR count). The van der Waals surface area contributed by atoms with Crippen LogP contribution in [0.1, 0.15) is 72.6 Å². The maximum absolute atomic E-state index is 14.5. The van der Waals surface area contributed by atoms with E-state index in [0.29, 0.717) is 21.5 Å². The number of ether oxygens (including phenoxy) is 3. The van der Waals surface area contributed by atoms with E-state index >= 15 is 0 Å². The van der Waals surface area contributed by atoms with E-state index in [-0.39, 0.29) is 25.3 Å². The number of carbonyl (C=O) groups excluding carboxylic acids is 4.